The predicted molar refractivity (Wildman–Crippen MR) is 60.6 cm³/mol. The van der Waals surface area contributed by atoms with Crippen LogP contribution in [0, 0.1) is 0 Å². The van der Waals surface area contributed by atoms with Crippen molar-refractivity contribution in [3.8, 4) is 5.75 Å². The molecule has 4 N–H and O–H groups in total. The number of hydrogen-bond donors (Lipinski definition) is 3. The molecule has 0 bridgehead atoms. The SMILES string of the molecule is COc1ccccc1C(N)CCNC(=O)O. The molecule has 0 saturated heterocycles. The molecule has 0 spiro atoms. The maximum atomic E-state index is 10.3. The number of nitrogens with two attached hydrogens (primary N) is 1. The van der Waals surface area contributed by atoms with Gasteiger partial charge in [-0.15, -0.1) is 0 Å². The lowest BCUT2D eigenvalue weighted by Gasteiger charge is -2.15. The maximum Gasteiger partial charge on any atom is 0.404 e. The summed E-state index contributed by atoms with van der Waals surface area (Å²) >= 11 is 0. The van der Waals surface area contributed by atoms with E-state index in [4.69, 9.17) is 15.6 Å². The van der Waals surface area contributed by atoms with Crippen molar-refractivity contribution in [2.45, 2.75) is 12.5 Å². The van der Waals surface area contributed by atoms with Gasteiger partial charge in [-0.05, 0) is 12.5 Å². The number of rotatable bonds is 5. The highest BCUT2D eigenvalue weighted by Gasteiger charge is 2.11. The molecule has 0 saturated carbocycles. The number of methoxy groups -OCH3 is 1. The van der Waals surface area contributed by atoms with Crippen molar-refractivity contribution in [1.29, 1.82) is 0 Å². The number of benzene rings is 1. The third-order valence-corrected chi connectivity index (χ3v) is 2.27. The summed E-state index contributed by atoms with van der Waals surface area (Å²) in [7, 11) is 1.58. The largest absolute Gasteiger partial charge is 0.496 e. The minimum Gasteiger partial charge on any atom is -0.496 e. The van der Waals surface area contributed by atoms with E-state index in [0.29, 0.717) is 13.0 Å². The summed E-state index contributed by atoms with van der Waals surface area (Å²) in [5, 5.41) is 10.7. The van der Waals surface area contributed by atoms with Gasteiger partial charge in [-0.25, -0.2) is 4.79 Å². The minimum absolute atomic E-state index is 0.233. The van der Waals surface area contributed by atoms with Gasteiger partial charge in [-0.2, -0.15) is 0 Å². The summed E-state index contributed by atoms with van der Waals surface area (Å²) < 4.78 is 5.18. The van der Waals surface area contributed by atoms with Gasteiger partial charge in [-0.1, -0.05) is 18.2 Å². The topological polar surface area (TPSA) is 84.6 Å². The molecule has 0 aliphatic rings. The lowest BCUT2D eigenvalue weighted by atomic mass is 10.0. The van der Waals surface area contributed by atoms with Crippen molar-refractivity contribution >= 4 is 6.09 Å². The fourth-order valence-electron chi connectivity index (χ4n) is 1.46. The molecule has 5 heteroatoms. The van der Waals surface area contributed by atoms with Crippen LogP contribution in [-0.4, -0.2) is 24.9 Å². The molecule has 0 aromatic heterocycles. The number of nitrogens with one attached hydrogen (secondary N) is 1. The molecule has 1 atom stereocenters. The third-order valence-electron chi connectivity index (χ3n) is 2.27. The average molecular weight is 224 g/mol. The van der Waals surface area contributed by atoms with Crippen LogP contribution in [-0.2, 0) is 0 Å². The van der Waals surface area contributed by atoms with E-state index in [2.05, 4.69) is 5.32 Å². The highest BCUT2D eigenvalue weighted by atomic mass is 16.5. The number of para-hydroxylation sites is 1. The minimum atomic E-state index is -1.03. The lowest BCUT2D eigenvalue weighted by Crippen LogP contribution is -2.25. The van der Waals surface area contributed by atoms with Crippen molar-refractivity contribution in [3.05, 3.63) is 29.8 Å². The van der Waals surface area contributed by atoms with E-state index in [1.165, 1.54) is 0 Å². The van der Waals surface area contributed by atoms with Crippen LogP contribution in [0.4, 0.5) is 4.79 Å². The zero-order valence-electron chi connectivity index (χ0n) is 9.14. The lowest BCUT2D eigenvalue weighted by molar-refractivity contribution is 0.194. The molecule has 1 aromatic carbocycles. The first-order valence-corrected chi connectivity index (χ1v) is 5.00. The first-order chi connectivity index (χ1) is 7.65. The molecular formula is C11H16N2O3. The standard InChI is InChI=1S/C11H16N2O3/c1-16-10-5-3-2-4-8(10)9(12)6-7-13-11(14)15/h2-5,9,13H,6-7,12H2,1H3,(H,14,15). The van der Waals surface area contributed by atoms with Crippen LogP contribution in [0.25, 0.3) is 0 Å². The van der Waals surface area contributed by atoms with Crippen LogP contribution in [0.15, 0.2) is 24.3 Å². The Morgan fingerprint density at radius 2 is 2.25 bits per heavy atom. The van der Waals surface area contributed by atoms with Crippen LogP contribution in [0.2, 0.25) is 0 Å². The first kappa shape index (κ1) is 12.3. The van der Waals surface area contributed by atoms with Crippen molar-refractivity contribution in [2.24, 2.45) is 5.73 Å². The van der Waals surface area contributed by atoms with Crippen LogP contribution in [0.5, 0.6) is 5.75 Å². The monoisotopic (exact) mass is 224 g/mol. The van der Waals surface area contributed by atoms with E-state index < -0.39 is 6.09 Å². The average Bonchev–Trinajstić information content (AvgIpc) is 2.28. The molecule has 0 fully saturated rings. The zero-order chi connectivity index (χ0) is 12.0. The molecule has 0 aliphatic carbocycles. The van der Waals surface area contributed by atoms with E-state index in [1.807, 2.05) is 24.3 Å². The summed E-state index contributed by atoms with van der Waals surface area (Å²) in [6, 6.07) is 7.22. The van der Waals surface area contributed by atoms with Gasteiger partial charge >= 0.3 is 6.09 Å². The predicted octanol–water partition coefficient (Wildman–Crippen LogP) is 1.35. The Labute approximate surface area is 94.2 Å². The van der Waals surface area contributed by atoms with Gasteiger partial charge in [0, 0.05) is 18.2 Å². The fraction of sp³-hybridized carbons (Fsp3) is 0.364. The molecule has 0 aliphatic heterocycles. The Bertz CT molecular complexity index is 355. The normalized spacial score (nSPS) is 11.9. The number of carboxylic acid groups (broad SMARTS) is 1. The van der Waals surface area contributed by atoms with E-state index >= 15 is 0 Å². The molecular weight excluding hydrogens is 208 g/mol. The maximum absolute atomic E-state index is 10.3. The smallest absolute Gasteiger partial charge is 0.404 e. The second-order valence-corrected chi connectivity index (χ2v) is 3.37. The first-order valence-electron chi connectivity index (χ1n) is 5.00. The number of hydrogen-bond acceptors (Lipinski definition) is 3. The Morgan fingerprint density at radius 3 is 2.88 bits per heavy atom. The van der Waals surface area contributed by atoms with E-state index in [9.17, 15) is 4.79 Å². The Kier molecular flexibility index (Phi) is 4.60. The van der Waals surface area contributed by atoms with Gasteiger partial charge in [0.2, 0.25) is 0 Å². The van der Waals surface area contributed by atoms with Crippen molar-refractivity contribution in [2.75, 3.05) is 13.7 Å². The molecule has 88 valence electrons. The molecule has 0 heterocycles. The summed E-state index contributed by atoms with van der Waals surface area (Å²) in [5.74, 6) is 0.727. The van der Waals surface area contributed by atoms with E-state index in [1.54, 1.807) is 7.11 Å². The highest BCUT2D eigenvalue weighted by Crippen LogP contribution is 2.24. The van der Waals surface area contributed by atoms with Crippen LogP contribution in [0.1, 0.15) is 18.0 Å². The van der Waals surface area contributed by atoms with Gasteiger partial charge in [0.05, 0.1) is 7.11 Å². The molecule has 1 unspecified atom stereocenters. The Hall–Kier alpha value is -1.75. The van der Waals surface area contributed by atoms with Gasteiger partial charge in [0.15, 0.2) is 0 Å². The molecule has 1 aromatic rings. The van der Waals surface area contributed by atoms with Crippen molar-refractivity contribution < 1.29 is 14.6 Å². The number of carbonyl (C=O) groups is 1. The van der Waals surface area contributed by atoms with Gasteiger partial charge < -0.3 is 20.9 Å². The fourth-order valence-corrected chi connectivity index (χ4v) is 1.46. The highest BCUT2D eigenvalue weighted by molar-refractivity contribution is 5.64. The molecule has 5 nitrogen and oxygen atoms in total. The number of amides is 1. The second-order valence-electron chi connectivity index (χ2n) is 3.37. The second kappa shape index (κ2) is 5.97. The summed E-state index contributed by atoms with van der Waals surface area (Å²) in [6.45, 7) is 0.328. The third kappa shape index (κ3) is 3.43. The summed E-state index contributed by atoms with van der Waals surface area (Å²) in [6.07, 6.45) is -0.501. The van der Waals surface area contributed by atoms with Crippen LogP contribution >= 0.6 is 0 Å². The molecule has 0 radical (unpaired) electrons. The van der Waals surface area contributed by atoms with E-state index in [-0.39, 0.29) is 6.04 Å². The van der Waals surface area contributed by atoms with Crippen molar-refractivity contribution in [3.63, 3.8) is 0 Å². The zero-order valence-corrected chi connectivity index (χ0v) is 9.14. The molecule has 16 heavy (non-hydrogen) atoms. The van der Waals surface area contributed by atoms with Crippen LogP contribution < -0.4 is 15.8 Å². The molecule has 1 amide bonds. The number of ether oxygens (including phenoxy) is 1. The Morgan fingerprint density at radius 1 is 1.56 bits per heavy atom. The molecule has 1 rings (SSSR count). The summed E-state index contributed by atoms with van der Waals surface area (Å²) in [5.41, 5.74) is 6.83. The summed E-state index contributed by atoms with van der Waals surface area (Å²) in [4.78, 5) is 10.3. The van der Waals surface area contributed by atoms with Gasteiger partial charge in [0.25, 0.3) is 0 Å². The van der Waals surface area contributed by atoms with Gasteiger partial charge in [-0.3, -0.25) is 0 Å². The quantitative estimate of drug-likeness (QED) is 0.704. The Balaban J connectivity index is 2.58. The van der Waals surface area contributed by atoms with Gasteiger partial charge in [0.1, 0.15) is 5.75 Å². The van der Waals surface area contributed by atoms with E-state index in [0.717, 1.165) is 11.3 Å². The van der Waals surface area contributed by atoms with Crippen LogP contribution in [0.3, 0.4) is 0 Å². The van der Waals surface area contributed by atoms with Crippen molar-refractivity contribution in [1.82, 2.24) is 5.32 Å².